The van der Waals surface area contributed by atoms with E-state index >= 15 is 0 Å². The summed E-state index contributed by atoms with van der Waals surface area (Å²) in [6.07, 6.45) is 6.07. The van der Waals surface area contributed by atoms with Gasteiger partial charge in [0.15, 0.2) is 5.96 Å². The van der Waals surface area contributed by atoms with Crippen LogP contribution in [-0.4, -0.2) is 31.1 Å². The first-order valence-corrected chi connectivity index (χ1v) is 9.75. The van der Waals surface area contributed by atoms with Crippen LogP contribution in [0.1, 0.15) is 11.3 Å². The fourth-order valence-corrected chi connectivity index (χ4v) is 3.23. The zero-order valence-electron chi connectivity index (χ0n) is 16.9. The Kier molecular flexibility index (Phi) is 7.89. The number of anilines is 1. The lowest BCUT2D eigenvalue weighted by atomic mass is 10.2. The molecule has 7 heteroatoms. The van der Waals surface area contributed by atoms with Gasteiger partial charge in [0.05, 0.1) is 12.2 Å². The van der Waals surface area contributed by atoms with Crippen molar-refractivity contribution >= 4 is 35.6 Å². The van der Waals surface area contributed by atoms with Gasteiger partial charge in [-0.3, -0.25) is 4.99 Å². The van der Waals surface area contributed by atoms with Crippen molar-refractivity contribution in [2.24, 2.45) is 4.99 Å². The maximum absolute atomic E-state index is 5.59. The molecule has 0 saturated carbocycles. The maximum Gasteiger partial charge on any atom is 0.226 e. The molecule has 0 spiro atoms. The minimum Gasteiger partial charge on any atom is -0.444 e. The number of benzene rings is 2. The molecule has 2 aromatic carbocycles. The summed E-state index contributed by atoms with van der Waals surface area (Å²) in [4.78, 5) is 11.2. The normalized spacial score (nSPS) is 13.2. The van der Waals surface area contributed by atoms with Crippen LogP contribution in [0.2, 0.25) is 0 Å². The van der Waals surface area contributed by atoms with Crippen LogP contribution in [0, 0.1) is 0 Å². The molecule has 0 radical (unpaired) electrons. The molecule has 0 unspecified atom stereocenters. The summed E-state index contributed by atoms with van der Waals surface area (Å²) in [5.74, 6) is 1.35. The van der Waals surface area contributed by atoms with Crippen LogP contribution >= 0.6 is 24.0 Å². The van der Waals surface area contributed by atoms with E-state index in [2.05, 4.69) is 61.9 Å². The second kappa shape index (κ2) is 10.8. The Hall–Kier alpha value is -2.81. The van der Waals surface area contributed by atoms with Crippen molar-refractivity contribution in [1.82, 2.24) is 15.6 Å². The maximum atomic E-state index is 5.59. The van der Waals surface area contributed by atoms with Gasteiger partial charge in [-0.15, -0.1) is 24.0 Å². The molecule has 0 aliphatic carbocycles. The topological polar surface area (TPSA) is 65.7 Å². The fraction of sp³-hybridized carbons (Fsp3) is 0.217. The van der Waals surface area contributed by atoms with Gasteiger partial charge >= 0.3 is 0 Å². The molecule has 0 saturated heterocycles. The molecule has 0 bridgehead atoms. The predicted octanol–water partition coefficient (Wildman–Crippen LogP) is 4.20. The van der Waals surface area contributed by atoms with Crippen molar-refractivity contribution in [3.05, 3.63) is 84.3 Å². The van der Waals surface area contributed by atoms with Gasteiger partial charge in [0.25, 0.3) is 0 Å². The second-order valence-corrected chi connectivity index (χ2v) is 6.84. The summed E-state index contributed by atoms with van der Waals surface area (Å²) >= 11 is 0. The van der Waals surface area contributed by atoms with E-state index in [4.69, 9.17) is 4.42 Å². The molecule has 3 aromatic rings. The molecule has 4 rings (SSSR count). The van der Waals surface area contributed by atoms with Crippen LogP contribution in [-0.2, 0) is 13.1 Å². The Labute approximate surface area is 194 Å². The summed E-state index contributed by atoms with van der Waals surface area (Å²) in [5.41, 5.74) is 4.25. The molecule has 1 aliphatic heterocycles. The summed E-state index contributed by atoms with van der Waals surface area (Å²) in [7, 11) is 1.76. The van der Waals surface area contributed by atoms with E-state index in [0.717, 1.165) is 30.3 Å². The molecule has 6 nitrogen and oxygen atoms in total. The van der Waals surface area contributed by atoms with Gasteiger partial charge < -0.3 is 20.0 Å². The monoisotopic (exact) mass is 515 g/mol. The SMILES string of the molecule is CN=C(NCc1cccc(N2CC=CC2)c1)NCc1coc(-c2ccccc2)n1.I. The zero-order valence-corrected chi connectivity index (χ0v) is 19.2. The van der Waals surface area contributed by atoms with Crippen molar-refractivity contribution in [2.45, 2.75) is 13.1 Å². The van der Waals surface area contributed by atoms with E-state index in [9.17, 15) is 0 Å². The van der Waals surface area contributed by atoms with Crippen molar-refractivity contribution < 1.29 is 4.42 Å². The standard InChI is InChI=1S/C23H25N5O.HI/c1-24-23(25-15-18-8-7-11-21(14-18)28-12-5-6-13-28)26-16-20-17-29-22(27-20)19-9-3-2-4-10-19;/h2-11,14,17H,12-13,15-16H2,1H3,(H2,24,25,26);1H. The summed E-state index contributed by atoms with van der Waals surface area (Å²) in [6, 6.07) is 18.5. The van der Waals surface area contributed by atoms with Crippen molar-refractivity contribution in [2.75, 3.05) is 25.0 Å². The first kappa shape index (κ1) is 21.9. The quantitative estimate of drug-likeness (QED) is 0.223. The molecule has 0 amide bonds. The highest BCUT2D eigenvalue weighted by Crippen LogP contribution is 2.19. The molecule has 156 valence electrons. The molecule has 0 atom stereocenters. The van der Waals surface area contributed by atoms with E-state index < -0.39 is 0 Å². The third kappa shape index (κ3) is 5.63. The van der Waals surface area contributed by atoms with Crippen LogP contribution in [0.25, 0.3) is 11.5 Å². The van der Waals surface area contributed by atoms with Gasteiger partial charge in [0.1, 0.15) is 6.26 Å². The predicted molar refractivity (Wildman–Crippen MR) is 132 cm³/mol. The third-order valence-corrected chi connectivity index (χ3v) is 4.79. The van der Waals surface area contributed by atoms with Crippen LogP contribution in [0.5, 0.6) is 0 Å². The number of rotatable bonds is 6. The Balaban J connectivity index is 0.00000256. The van der Waals surface area contributed by atoms with Crippen LogP contribution < -0.4 is 15.5 Å². The highest BCUT2D eigenvalue weighted by atomic mass is 127. The average Bonchev–Trinajstić information content (AvgIpc) is 3.47. The Bertz CT molecular complexity index is 992. The fourth-order valence-electron chi connectivity index (χ4n) is 3.23. The average molecular weight is 515 g/mol. The van der Waals surface area contributed by atoms with Crippen molar-refractivity contribution in [3.63, 3.8) is 0 Å². The molecular formula is C23H26IN5O. The van der Waals surface area contributed by atoms with E-state index in [1.165, 1.54) is 11.3 Å². The Morgan fingerprint density at radius 2 is 1.80 bits per heavy atom. The molecule has 30 heavy (non-hydrogen) atoms. The van der Waals surface area contributed by atoms with E-state index in [-0.39, 0.29) is 24.0 Å². The van der Waals surface area contributed by atoms with E-state index in [1.807, 2.05) is 30.3 Å². The number of hydrogen-bond donors (Lipinski definition) is 2. The minimum absolute atomic E-state index is 0. The van der Waals surface area contributed by atoms with Gasteiger partial charge in [-0.2, -0.15) is 0 Å². The lowest BCUT2D eigenvalue weighted by Gasteiger charge is -2.19. The Morgan fingerprint density at radius 3 is 2.57 bits per heavy atom. The number of hydrogen-bond acceptors (Lipinski definition) is 4. The number of aromatic nitrogens is 1. The number of aliphatic imine (C=N–C) groups is 1. The highest BCUT2D eigenvalue weighted by Gasteiger charge is 2.09. The van der Waals surface area contributed by atoms with E-state index in [0.29, 0.717) is 19.0 Å². The van der Waals surface area contributed by atoms with Crippen molar-refractivity contribution in [3.8, 4) is 11.5 Å². The molecule has 2 N–H and O–H groups in total. The number of halogens is 1. The lowest BCUT2D eigenvalue weighted by Crippen LogP contribution is -2.36. The largest absolute Gasteiger partial charge is 0.444 e. The molecule has 1 aromatic heterocycles. The second-order valence-electron chi connectivity index (χ2n) is 6.84. The number of nitrogens with one attached hydrogen (secondary N) is 2. The number of oxazole rings is 1. The van der Waals surface area contributed by atoms with Crippen LogP contribution in [0.15, 0.2) is 82.4 Å². The number of guanidine groups is 1. The van der Waals surface area contributed by atoms with Gasteiger partial charge in [-0.1, -0.05) is 42.5 Å². The summed E-state index contributed by atoms with van der Waals surface area (Å²) in [5, 5.41) is 6.65. The van der Waals surface area contributed by atoms with Crippen LogP contribution in [0.4, 0.5) is 5.69 Å². The molecular weight excluding hydrogens is 489 g/mol. The highest BCUT2D eigenvalue weighted by molar-refractivity contribution is 14.0. The van der Waals surface area contributed by atoms with Crippen molar-refractivity contribution in [1.29, 1.82) is 0 Å². The third-order valence-electron chi connectivity index (χ3n) is 4.79. The number of nitrogens with zero attached hydrogens (tertiary/aromatic N) is 3. The van der Waals surface area contributed by atoms with Gasteiger partial charge in [-0.25, -0.2) is 4.98 Å². The molecule has 1 aliphatic rings. The van der Waals surface area contributed by atoms with Crippen LogP contribution in [0.3, 0.4) is 0 Å². The van der Waals surface area contributed by atoms with Gasteiger partial charge in [0, 0.05) is 37.9 Å². The first-order chi connectivity index (χ1) is 14.3. The minimum atomic E-state index is 0. The molecule has 0 fully saturated rings. The lowest BCUT2D eigenvalue weighted by molar-refractivity contribution is 0.572. The van der Waals surface area contributed by atoms with E-state index in [1.54, 1.807) is 13.3 Å². The van der Waals surface area contributed by atoms with Gasteiger partial charge in [0.2, 0.25) is 5.89 Å². The summed E-state index contributed by atoms with van der Waals surface area (Å²) in [6.45, 7) is 3.18. The summed E-state index contributed by atoms with van der Waals surface area (Å²) < 4.78 is 5.59. The Morgan fingerprint density at radius 1 is 1.03 bits per heavy atom. The molecule has 2 heterocycles. The van der Waals surface area contributed by atoms with Gasteiger partial charge in [-0.05, 0) is 29.8 Å². The first-order valence-electron chi connectivity index (χ1n) is 9.75. The zero-order chi connectivity index (χ0) is 19.9. The smallest absolute Gasteiger partial charge is 0.226 e.